The van der Waals surface area contributed by atoms with Crippen molar-refractivity contribution in [2.24, 2.45) is 16.6 Å². The molecular formula is C12H22N2. The summed E-state index contributed by atoms with van der Waals surface area (Å²) in [6.45, 7) is 8.49. The van der Waals surface area contributed by atoms with Crippen LogP contribution in [0, 0.1) is 5.92 Å². The molecule has 0 spiro atoms. The van der Waals surface area contributed by atoms with Crippen molar-refractivity contribution in [2.45, 2.75) is 53.0 Å². The maximum Gasteiger partial charge on any atom is 0.0504 e. The summed E-state index contributed by atoms with van der Waals surface area (Å²) in [5.41, 5.74) is 9.39. The molecule has 1 saturated carbocycles. The van der Waals surface area contributed by atoms with Crippen LogP contribution in [-0.2, 0) is 0 Å². The van der Waals surface area contributed by atoms with Crippen molar-refractivity contribution in [2.75, 3.05) is 0 Å². The SMILES string of the molecule is CCC(C)C(N)=C(C)C(C)=NC1CC1. The molecule has 0 heterocycles. The Kier molecular flexibility index (Phi) is 3.73. The van der Waals surface area contributed by atoms with Gasteiger partial charge in [0.05, 0.1) is 6.04 Å². The van der Waals surface area contributed by atoms with Gasteiger partial charge in [0, 0.05) is 11.4 Å². The van der Waals surface area contributed by atoms with Crippen LogP contribution in [0.1, 0.15) is 47.0 Å². The Labute approximate surface area is 87.3 Å². The zero-order valence-corrected chi connectivity index (χ0v) is 9.80. The Morgan fingerprint density at radius 2 is 2.00 bits per heavy atom. The van der Waals surface area contributed by atoms with E-state index < -0.39 is 0 Å². The van der Waals surface area contributed by atoms with E-state index in [2.05, 4.69) is 32.7 Å². The van der Waals surface area contributed by atoms with E-state index in [9.17, 15) is 0 Å². The lowest BCUT2D eigenvalue weighted by Crippen LogP contribution is -2.14. The van der Waals surface area contributed by atoms with Crippen molar-refractivity contribution in [1.82, 2.24) is 0 Å². The molecule has 0 aromatic rings. The highest BCUT2D eigenvalue weighted by Gasteiger charge is 2.20. The van der Waals surface area contributed by atoms with Crippen LogP contribution in [0.25, 0.3) is 0 Å². The summed E-state index contributed by atoms with van der Waals surface area (Å²) in [5.74, 6) is 0.472. The molecule has 2 heteroatoms. The number of rotatable bonds is 4. The molecule has 1 unspecified atom stereocenters. The Morgan fingerprint density at radius 1 is 1.43 bits per heavy atom. The summed E-state index contributed by atoms with van der Waals surface area (Å²) in [6.07, 6.45) is 3.61. The third-order valence-electron chi connectivity index (χ3n) is 3.04. The summed E-state index contributed by atoms with van der Waals surface area (Å²) in [6, 6.07) is 0.592. The van der Waals surface area contributed by atoms with Gasteiger partial charge < -0.3 is 5.73 Å². The van der Waals surface area contributed by atoms with Gasteiger partial charge in [-0.15, -0.1) is 0 Å². The standard InChI is InChI=1S/C12H22N2/c1-5-8(2)12(13)9(3)10(4)14-11-6-7-11/h8,11H,5-7,13H2,1-4H3. The van der Waals surface area contributed by atoms with Gasteiger partial charge in [-0.3, -0.25) is 4.99 Å². The lowest BCUT2D eigenvalue weighted by atomic mass is 9.99. The highest BCUT2D eigenvalue weighted by molar-refractivity contribution is 5.98. The molecule has 1 atom stereocenters. The zero-order valence-electron chi connectivity index (χ0n) is 9.80. The highest BCUT2D eigenvalue weighted by Crippen LogP contribution is 2.25. The van der Waals surface area contributed by atoms with Crippen molar-refractivity contribution in [3.05, 3.63) is 11.3 Å². The molecule has 14 heavy (non-hydrogen) atoms. The first-order chi connectivity index (χ1) is 6.56. The minimum Gasteiger partial charge on any atom is -0.402 e. The molecule has 0 aromatic heterocycles. The van der Waals surface area contributed by atoms with E-state index in [1.54, 1.807) is 0 Å². The summed E-state index contributed by atoms with van der Waals surface area (Å²) < 4.78 is 0. The van der Waals surface area contributed by atoms with E-state index in [0.717, 1.165) is 17.8 Å². The molecule has 2 N–H and O–H groups in total. The second kappa shape index (κ2) is 4.63. The molecule has 0 radical (unpaired) electrons. The normalized spacial score (nSPS) is 21.9. The molecule has 0 amide bonds. The second-order valence-electron chi connectivity index (χ2n) is 4.34. The van der Waals surface area contributed by atoms with E-state index in [0.29, 0.717) is 12.0 Å². The molecule has 80 valence electrons. The number of allylic oxidation sites excluding steroid dienone is 2. The predicted octanol–water partition coefficient (Wildman–Crippen LogP) is 2.89. The Bertz CT molecular complexity index is 259. The van der Waals surface area contributed by atoms with Crippen LogP contribution >= 0.6 is 0 Å². The highest BCUT2D eigenvalue weighted by atomic mass is 14.8. The second-order valence-corrected chi connectivity index (χ2v) is 4.34. The van der Waals surface area contributed by atoms with Crippen molar-refractivity contribution in [1.29, 1.82) is 0 Å². The van der Waals surface area contributed by atoms with Gasteiger partial charge in [-0.1, -0.05) is 13.8 Å². The molecule has 1 fully saturated rings. The summed E-state index contributed by atoms with van der Waals surface area (Å²) >= 11 is 0. The van der Waals surface area contributed by atoms with Crippen molar-refractivity contribution < 1.29 is 0 Å². The van der Waals surface area contributed by atoms with Crippen molar-refractivity contribution in [3.63, 3.8) is 0 Å². The molecule has 1 rings (SSSR count). The topological polar surface area (TPSA) is 38.4 Å². The summed E-state index contributed by atoms with van der Waals surface area (Å²) in [7, 11) is 0. The van der Waals surface area contributed by atoms with Crippen molar-refractivity contribution in [3.8, 4) is 0 Å². The van der Waals surface area contributed by atoms with Gasteiger partial charge in [-0.05, 0) is 44.6 Å². The summed E-state index contributed by atoms with van der Waals surface area (Å²) in [4.78, 5) is 4.60. The Balaban J connectivity index is 2.73. The van der Waals surface area contributed by atoms with Gasteiger partial charge in [0.1, 0.15) is 0 Å². The molecule has 0 bridgehead atoms. The lowest BCUT2D eigenvalue weighted by molar-refractivity contribution is 0.643. The Morgan fingerprint density at radius 3 is 2.43 bits per heavy atom. The van der Waals surface area contributed by atoms with Crippen LogP contribution in [-0.4, -0.2) is 11.8 Å². The van der Waals surface area contributed by atoms with E-state index in [4.69, 9.17) is 5.73 Å². The van der Waals surface area contributed by atoms with Gasteiger partial charge in [0.15, 0.2) is 0 Å². The van der Waals surface area contributed by atoms with Crippen LogP contribution in [0.5, 0.6) is 0 Å². The fourth-order valence-electron chi connectivity index (χ4n) is 1.37. The van der Waals surface area contributed by atoms with E-state index in [1.807, 2.05) is 0 Å². The van der Waals surface area contributed by atoms with Crippen LogP contribution in [0.4, 0.5) is 0 Å². The van der Waals surface area contributed by atoms with Gasteiger partial charge in [-0.25, -0.2) is 0 Å². The number of hydrogen-bond donors (Lipinski definition) is 1. The molecule has 0 aromatic carbocycles. The van der Waals surface area contributed by atoms with Crippen molar-refractivity contribution >= 4 is 5.71 Å². The quantitative estimate of drug-likeness (QED) is 0.687. The van der Waals surface area contributed by atoms with Crippen LogP contribution in [0.2, 0.25) is 0 Å². The average molecular weight is 194 g/mol. The largest absolute Gasteiger partial charge is 0.402 e. The van der Waals surface area contributed by atoms with E-state index in [-0.39, 0.29) is 0 Å². The minimum absolute atomic E-state index is 0.472. The fraction of sp³-hybridized carbons (Fsp3) is 0.750. The number of nitrogens with zero attached hydrogens (tertiary/aromatic N) is 1. The third-order valence-corrected chi connectivity index (χ3v) is 3.04. The van der Waals surface area contributed by atoms with Gasteiger partial charge in [0.2, 0.25) is 0 Å². The number of nitrogens with two attached hydrogens (primary N) is 1. The third kappa shape index (κ3) is 2.86. The first kappa shape index (κ1) is 11.3. The number of aliphatic imine (C=N–C) groups is 1. The number of hydrogen-bond acceptors (Lipinski definition) is 2. The monoisotopic (exact) mass is 194 g/mol. The van der Waals surface area contributed by atoms with Gasteiger partial charge in [-0.2, -0.15) is 0 Å². The fourth-order valence-corrected chi connectivity index (χ4v) is 1.37. The van der Waals surface area contributed by atoms with Crippen LogP contribution in [0.15, 0.2) is 16.3 Å². The predicted molar refractivity (Wildman–Crippen MR) is 62.5 cm³/mol. The van der Waals surface area contributed by atoms with E-state index in [1.165, 1.54) is 18.4 Å². The first-order valence-corrected chi connectivity index (χ1v) is 5.57. The van der Waals surface area contributed by atoms with Crippen LogP contribution < -0.4 is 5.73 Å². The van der Waals surface area contributed by atoms with Gasteiger partial charge in [0.25, 0.3) is 0 Å². The molecular weight excluding hydrogens is 172 g/mol. The maximum atomic E-state index is 6.07. The van der Waals surface area contributed by atoms with Crippen LogP contribution in [0.3, 0.4) is 0 Å². The maximum absolute atomic E-state index is 6.07. The van der Waals surface area contributed by atoms with Gasteiger partial charge >= 0.3 is 0 Å². The molecule has 0 saturated heterocycles. The summed E-state index contributed by atoms with van der Waals surface area (Å²) in [5, 5.41) is 0. The lowest BCUT2D eigenvalue weighted by Gasteiger charge is -2.13. The molecule has 0 aliphatic heterocycles. The first-order valence-electron chi connectivity index (χ1n) is 5.57. The molecule has 1 aliphatic rings. The smallest absolute Gasteiger partial charge is 0.0504 e. The minimum atomic E-state index is 0.472. The molecule has 2 nitrogen and oxygen atoms in total. The Hall–Kier alpha value is -0.790. The average Bonchev–Trinajstić information content (AvgIpc) is 2.97. The zero-order chi connectivity index (χ0) is 10.7. The van der Waals surface area contributed by atoms with E-state index >= 15 is 0 Å². The molecule has 1 aliphatic carbocycles.